The van der Waals surface area contributed by atoms with Gasteiger partial charge in [-0.3, -0.25) is 0 Å². The van der Waals surface area contributed by atoms with Crippen molar-refractivity contribution in [2.24, 2.45) is 0 Å². The molecule has 0 heterocycles. The summed E-state index contributed by atoms with van der Waals surface area (Å²) in [6.45, 7) is 9.15. The molecule has 0 nitrogen and oxygen atoms in total. The molecule has 0 bridgehead atoms. The van der Waals surface area contributed by atoms with Crippen molar-refractivity contribution in [3.8, 4) is 0 Å². The summed E-state index contributed by atoms with van der Waals surface area (Å²) in [5.41, 5.74) is 5.89. The van der Waals surface area contributed by atoms with Gasteiger partial charge in [-0.1, -0.05) is 113 Å². The SMILES string of the molecule is CCC(CC(c1ccccc1)c1ccccc1)c1ccc(C(C)(C)C)cc1. The molecule has 0 aliphatic rings. The van der Waals surface area contributed by atoms with Gasteiger partial charge in [0.2, 0.25) is 0 Å². The summed E-state index contributed by atoms with van der Waals surface area (Å²) >= 11 is 0. The van der Waals surface area contributed by atoms with E-state index in [2.05, 4.69) is 113 Å². The maximum atomic E-state index is 2.35. The number of hydrogen-bond donors (Lipinski definition) is 0. The van der Waals surface area contributed by atoms with E-state index in [1.165, 1.54) is 22.3 Å². The smallest absolute Gasteiger partial charge is 0.00951 e. The highest BCUT2D eigenvalue weighted by Crippen LogP contribution is 2.37. The maximum absolute atomic E-state index is 2.35. The molecule has 0 amide bonds. The van der Waals surface area contributed by atoms with E-state index in [0.717, 1.165) is 12.8 Å². The fourth-order valence-corrected chi connectivity index (χ4v) is 3.91. The van der Waals surface area contributed by atoms with Crippen molar-refractivity contribution >= 4 is 0 Å². The number of hydrogen-bond acceptors (Lipinski definition) is 0. The number of rotatable bonds is 6. The Hall–Kier alpha value is -2.34. The van der Waals surface area contributed by atoms with E-state index < -0.39 is 0 Å². The molecule has 1 atom stereocenters. The molecule has 3 aromatic carbocycles. The van der Waals surface area contributed by atoms with Gasteiger partial charge >= 0.3 is 0 Å². The van der Waals surface area contributed by atoms with Crippen LogP contribution < -0.4 is 0 Å². The lowest BCUT2D eigenvalue weighted by Crippen LogP contribution is -2.12. The van der Waals surface area contributed by atoms with Crippen LogP contribution in [0, 0.1) is 0 Å². The molecular formula is C27H32. The van der Waals surface area contributed by atoms with Crippen LogP contribution >= 0.6 is 0 Å². The third-order valence-electron chi connectivity index (χ3n) is 5.67. The van der Waals surface area contributed by atoms with E-state index in [1.807, 2.05) is 0 Å². The Kier molecular flexibility index (Phi) is 6.16. The minimum absolute atomic E-state index is 0.205. The van der Waals surface area contributed by atoms with Crippen molar-refractivity contribution < 1.29 is 0 Å². The van der Waals surface area contributed by atoms with Gasteiger partial charge in [-0.15, -0.1) is 0 Å². The van der Waals surface area contributed by atoms with Gasteiger partial charge in [0.05, 0.1) is 0 Å². The Balaban J connectivity index is 1.89. The number of benzene rings is 3. The first-order valence-corrected chi connectivity index (χ1v) is 10.2. The normalized spacial score (nSPS) is 12.9. The predicted molar refractivity (Wildman–Crippen MR) is 118 cm³/mol. The molecule has 27 heavy (non-hydrogen) atoms. The largest absolute Gasteiger partial charge is 0.0648 e. The van der Waals surface area contributed by atoms with E-state index in [1.54, 1.807) is 0 Å². The second-order valence-electron chi connectivity index (χ2n) is 8.59. The molecule has 0 aliphatic carbocycles. The molecular weight excluding hydrogens is 324 g/mol. The molecule has 0 radical (unpaired) electrons. The molecule has 0 N–H and O–H groups in total. The highest BCUT2D eigenvalue weighted by Gasteiger charge is 2.21. The molecule has 3 rings (SSSR count). The lowest BCUT2D eigenvalue weighted by Gasteiger charge is -2.25. The van der Waals surface area contributed by atoms with Crippen LogP contribution in [-0.2, 0) is 5.41 Å². The molecule has 0 saturated heterocycles. The third-order valence-corrected chi connectivity index (χ3v) is 5.67. The molecule has 0 fully saturated rings. The summed E-state index contributed by atoms with van der Waals surface area (Å²) in [6, 6.07) is 31.3. The average Bonchev–Trinajstić information content (AvgIpc) is 2.70. The topological polar surface area (TPSA) is 0 Å². The van der Waals surface area contributed by atoms with Gasteiger partial charge in [-0.25, -0.2) is 0 Å². The van der Waals surface area contributed by atoms with Gasteiger partial charge in [0.25, 0.3) is 0 Å². The van der Waals surface area contributed by atoms with Crippen LogP contribution in [0.3, 0.4) is 0 Å². The first-order valence-electron chi connectivity index (χ1n) is 10.2. The van der Waals surface area contributed by atoms with Gasteiger partial charge in [-0.2, -0.15) is 0 Å². The standard InChI is InChI=1S/C27H32/c1-5-21(22-16-18-25(19-17-22)27(2,3)4)20-26(23-12-8-6-9-13-23)24-14-10-7-11-15-24/h6-19,21,26H,5,20H2,1-4H3. The molecule has 3 aromatic rings. The van der Waals surface area contributed by atoms with Crippen LogP contribution in [-0.4, -0.2) is 0 Å². The average molecular weight is 357 g/mol. The fourth-order valence-electron chi connectivity index (χ4n) is 3.91. The maximum Gasteiger partial charge on any atom is 0.00951 e. The molecule has 0 spiro atoms. The lowest BCUT2D eigenvalue weighted by atomic mass is 9.79. The zero-order valence-electron chi connectivity index (χ0n) is 17.2. The van der Waals surface area contributed by atoms with Crippen LogP contribution in [0.1, 0.15) is 74.6 Å². The van der Waals surface area contributed by atoms with Crippen molar-refractivity contribution in [2.45, 2.75) is 57.8 Å². The van der Waals surface area contributed by atoms with Crippen molar-refractivity contribution in [1.29, 1.82) is 0 Å². The van der Waals surface area contributed by atoms with Gasteiger partial charge in [0.1, 0.15) is 0 Å². The van der Waals surface area contributed by atoms with Gasteiger partial charge in [-0.05, 0) is 46.4 Å². The second-order valence-corrected chi connectivity index (χ2v) is 8.59. The molecule has 140 valence electrons. The highest BCUT2D eigenvalue weighted by molar-refractivity contribution is 5.35. The predicted octanol–water partition coefficient (Wildman–Crippen LogP) is 7.70. The van der Waals surface area contributed by atoms with E-state index >= 15 is 0 Å². The molecule has 0 heteroatoms. The quantitative estimate of drug-likeness (QED) is 0.424. The Morgan fingerprint density at radius 3 is 1.52 bits per heavy atom. The van der Waals surface area contributed by atoms with Crippen molar-refractivity contribution in [3.05, 3.63) is 107 Å². The summed E-state index contributed by atoms with van der Waals surface area (Å²) in [4.78, 5) is 0. The van der Waals surface area contributed by atoms with Gasteiger partial charge < -0.3 is 0 Å². The second kappa shape index (κ2) is 8.57. The van der Waals surface area contributed by atoms with E-state index in [4.69, 9.17) is 0 Å². The van der Waals surface area contributed by atoms with Crippen LogP contribution in [0.15, 0.2) is 84.9 Å². The lowest BCUT2D eigenvalue weighted by molar-refractivity contribution is 0.559. The first-order chi connectivity index (χ1) is 13.0. The third kappa shape index (κ3) is 4.89. The van der Waals surface area contributed by atoms with Crippen LogP contribution in [0.5, 0.6) is 0 Å². The molecule has 0 saturated carbocycles. The fraction of sp³-hybridized carbons (Fsp3) is 0.333. The van der Waals surface area contributed by atoms with Crippen LogP contribution in [0.25, 0.3) is 0 Å². The zero-order valence-corrected chi connectivity index (χ0v) is 17.2. The summed E-state index contributed by atoms with van der Waals surface area (Å²) in [6.07, 6.45) is 2.30. The van der Waals surface area contributed by atoms with Crippen molar-refractivity contribution in [2.75, 3.05) is 0 Å². The Morgan fingerprint density at radius 1 is 0.630 bits per heavy atom. The van der Waals surface area contributed by atoms with E-state index in [9.17, 15) is 0 Å². The van der Waals surface area contributed by atoms with E-state index in [-0.39, 0.29) is 5.41 Å². The first kappa shape index (κ1) is 19.4. The Labute approximate surface area is 165 Å². The summed E-state index contributed by atoms with van der Waals surface area (Å²) in [5.74, 6) is 0.990. The summed E-state index contributed by atoms with van der Waals surface area (Å²) < 4.78 is 0. The minimum Gasteiger partial charge on any atom is -0.0648 e. The van der Waals surface area contributed by atoms with Crippen LogP contribution in [0.4, 0.5) is 0 Å². The van der Waals surface area contributed by atoms with Crippen molar-refractivity contribution in [3.63, 3.8) is 0 Å². The van der Waals surface area contributed by atoms with E-state index in [0.29, 0.717) is 11.8 Å². The van der Waals surface area contributed by atoms with Gasteiger partial charge in [0, 0.05) is 5.92 Å². The summed E-state index contributed by atoms with van der Waals surface area (Å²) in [7, 11) is 0. The van der Waals surface area contributed by atoms with Gasteiger partial charge in [0.15, 0.2) is 0 Å². The molecule has 1 unspecified atom stereocenters. The Bertz CT molecular complexity index is 768. The Morgan fingerprint density at radius 2 is 1.11 bits per heavy atom. The monoisotopic (exact) mass is 356 g/mol. The summed E-state index contributed by atoms with van der Waals surface area (Å²) in [5, 5.41) is 0. The van der Waals surface area contributed by atoms with Crippen molar-refractivity contribution in [1.82, 2.24) is 0 Å². The highest BCUT2D eigenvalue weighted by atomic mass is 14.2. The minimum atomic E-state index is 0.205. The molecule has 0 aliphatic heterocycles. The van der Waals surface area contributed by atoms with Crippen LogP contribution in [0.2, 0.25) is 0 Å². The zero-order chi connectivity index (χ0) is 19.3. The molecule has 0 aromatic heterocycles.